The molecule has 0 spiro atoms. The van der Waals surface area contributed by atoms with E-state index in [-0.39, 0.29) is 5.69 Å². The van der Waals surface area contributed by atoms with E-state index in [9.17, 15) is 4.79 Å². The third-order valence-corrected chi connectivity index (χ3v) is 5.42. The van der Waals surface area contributed by atoms with Gasteiger partial charge >= 0.3 is 5.69 Å². The molecule has 1 aliphatic rings. The zero-order chi connectivity index (χ0) is 19.8. The molecule has 148 valence electrons. The first-order valence-corrected chi connectivity index (χ1v) is 9.83. The Labute approximate surface area is 167 Å². The van der Waals surface area contributed by atoms with Gasteiger partial charge in [-0.15, -0.1) is 0 Å². The zero-order valence-corrected chi connectivity index (χ0v) is 16.2. The summed E-state index contributed by atoms with van der Waals surface area (Å²) >= 11 is 0. The average Bonchev–Trinajstić information content (AvgIpc) is 3.32. The highest BCUT2D eigenvalue weighted by Crippen LogP contribution is 2.23. The second-order valence-corrected chi connectivity index (χ2v) is 7.52. The number of ether oxygens (including phenoxy) is 1. The van der Waals surface area contributed by atoms with Gasteiger partial charge in [0, 0.05) is 42.8 Å². The van der Waals surface area contributed by atoms with Crippen LogP contribution >= 0.6 is 0 Å². The highest BCUT2D eigenvalue weighted by molar-refractivity contribution is 5.72. The van der Waals surface area contributed by atoms with Crippen molar-refractivity contribution < 1.29 is 4.74 Å². The number of hydrogen-bond donors (Lipinski definition) is 2. The van der Waals surface area contributed by atoms with Gasteiger partial charge in [-0.3, -0.25) is 9.55 Å². The van der Waals surface area contributed by atoms with Gasteiger partial charge in [0.25, 0.3) is 0 Å². The quantitative estimate of drug-likeness (QED) is 0.558. The monoisotopic (exact) mass is 390 g/mol. The van der Waals surface area contributed by atoms with Crippen molar-refractivity contribution in [1.29, 1.82) is 0 Å². The topological polar surface area (TPSA) is 101 Å². The Hall–Kier alpha value is -3.26. The maximum absolute atomic E-state index is 12.4. The molecule has 3 aromatic heterocycles. The fraction of sp³-hybridized carbons (Fsp3) is 0.333. The number of hydrogen-bond acceptors (Lipinski definition) is 5. The molecular formula is C21H22N6O2. The SMILES string of the molecule is Cc1cnc(-c2ccc(-c3cnc4[nH]c(=O)n(CC5CCOCC5)c4n3)cc2)[nH]1. The van der Waals surface area contributed by atoms with E-state index >= 15 is 0 Å². The summed E-state index contributed by atoms with van der Waals surface area (Å²) in [4.78, 5) is 32.1. The van der Waals surface area contributed by atoms with Crippen molar-refractivity contribution in [2.24, 2.45) is 5.92 Å². The Morgan fingerprint density at radius 2 is 1.83 bits per heavy atom. The van der Waals surface area contributed by atoms with Crippen molar-refractivity contribution in [3.05, 3.63) is 52.8 Å². The summed E-state index contributed by atoms with van der Waals surface area (Å²) < 4.78 is 7.14. The summed E-state index contributed by atoms with van der Waals surface area (Å²) in [5.41, 5.74) is 4.67. The van der Waals surface area contributed by atoms with Gasteiger partial charge in [0.15, 0.2) is 11.3 Å². The lowest BCUT2D eigenvalue weighted by Gasteiger charge is -2.21. The summed E-state index contributed by atoms with van der Waals surface area (Å²) in [6.07, 6.45) is 5.43. The lowest BCUT2D eigenvalue weighted by molar-refractivity contribution is 0.0613. The van der Waals surface area contributed by atoms with E-state index in [1.54, 1.807) is 10.8 Å². The van der Waals surface area contributed by atoms with E-state index in [1.807, 2.05) is 37.4 Å². The number of aromatic nitrogens is 6. The first-order valence-electron chi connectivity index (χ1n) is 9.83. The molecule has 0 atom stereocenters. The molecule has 0 saturated carbocycles. The maximum Gasteiger partial charge on any atom is 0.328 e. The second-order valence-electron chi connectivity index (χ2n) is 7.52. The highest BCUT2D eigenvalue weighted by atomic mass is 16.5. The minimum absolute atomic E-state index is 0.160. The fourth-order valence-corrected chi connectivity index (χ4v) is 3.77. The molecule has 4 heterocycles. The van der Waals surface area contributed by atoms with E-state index in [1.165, 1.54) is 0 Å². The second kappa shape index (κ2) is 7.29. The normalized spacial score (nSPS) is 15.2. The van der Waals surface area contributed by atoms with E-state index < -0.39 is 0 Å². The molecule has 0 radical (unpaired) electrons. The van der Waals surface area contributed by atoms with E-state index in [0.29, 0.717) is 23.8 Å². The Bertz CT molecular complexity index is 1200. The van der Waals surface area contributed by atoms with E-state index in [0.717, 1.165) is 54.4 Å². The Kier molecular flexibility index (Phi) is 4.48. The Morgan fingerprint density at radius 1 is 1.07 bits per heavy atom. The van der Waals surface area contributed by atoms with Crippen molar-refractivity contribution in [2.45, 2.75) is 26.3 Å². The lowest BCUT2D eigenvalue weighted by atomic mass is 10.0. The molecule has 0 bridgehead atoms. The molecule has 1 aromatic carbocycles. The smallest absolute Gasteiger partial charge is 0.328 e. The van der Waals surface area contributed by atoms with Gasteiger partial charge in [-0.2, -0.15) is 0 Å². The zero-order valence-electron chi connectivity index (χ0n) is 16.2. The molecule has 8 nitrogen and oxygen atoms in total. The third-order valence-electron chi connectivity index (χ3n) is 5.42. The van der Waals surface area contributed by atoms with Crippen LogP contribution in [0.4, 0.5) is 0 Å². The molecule has 5 rings (SSSR count). The fourth-order valence-electron chi connectivity index (χ4n) is 3.77. The van der Waals surface area contributed by atoms with Crippen molar-refractivity contribution in [3.8, 4) is 22.6 Å². The van der Waals surface area contributed by atoms with Crippen LogP contribution in [0.25, 0.3) is 33.9 Å². The lowest BCUT2D eigenvalue weighted by Crippen LogP contribution is -2.26. The number of H-pyrrole nitrogens is 2. The van der Waals surface area contributed by atoms with Gasteiger partial charge < -0.3 is 9.72 Å². The van der Waals surface area contributed by atoms with Crippen LogP contribution < -0.4 is 5.69 Å². The number of nitrogens with one attached hydrogen (secondary N) is 2. The number of aromatic amines is 2. The molecule has 1 fully saturated rings. The molecule has 0 aliphatic carbocycles. The number of fused-ring (bicyclic) bond motifs is 1. The van der Waals surface area contributed by atoms with Gasteiger partial charge in [-0.25, -0.2) is 19.7 Å². The minimum atomic E-state index is -0.160. The summed E-state index contributed by atoms with van der Waals surface area (Å²) in [7, 11) is 0. The van der Waals surface area contributed by atoms with Crippen LogP contribution in [-0.4, -0.2) is 42.7 Å². The van der Waals surface area contributed by atoms with Crippen LogP contribution in [0.3, 0.4) is 0 Å². The third kappa shape index (κ3) is 3.47. The van der Waals surface area contributed by atoms with Gasteiger partial charge in [-0.1, -0.05) is 24.3 Å². The van der Waals surface area contributed by atoms with Gasteiger partial charge in [0.05, 0.1) is 11.9 Å². The van der Waals surface area contributed by atoms with Crippen molar-refractivity contribution in [3.63, 3.8) is 0 Å². The van der Waals surface area contributed by atoms with Gasteiger partial charge in [-0.05, 0) is 25.7 Å². The molecule has 2 N–H and O–H groups in total. The van der Waals surface area contributed by atoms with Crippen LogP contribution in [-0.2, 0) is 11.3 Å². The van der Waals surface area contributed by atoms with Crippen LogP contribution in [0, 0.1) is 12.8 Å². The summed E-state index contributed by atoms with van der Waals surface area (Å²) in [5, 5.41) is 0. The predicted molar refractivity (Wildman–Crippen MR) is 109 cm³/mol. The standard InChI is InChI=1S/C21H22N6O2/c1-13-10-22-18(24-13)16-4-2-15(3-5-16)17-11-23-19-20(25-17)27(21(28)26-19)12-14-6-8-29-9-7-14/h2-5,10-11,14H,6-9,12H2,1H3,(H,22,24)(H,23,26,28). The number of nitrogens with zero attached hydrogens (tertiary/aromatic N) is 4. The molecular weight excluding hydrogens is 368 g/mol. The predicted octanol–water partition coefficient (Wildman–Crippen LogP) is 2.91. The molecule has 1 saturated heterocycles. The van der Waals surface area contributed by atoms with Crippen LogP contribution in [0.5, 0.6) is 0 Å². The van der Waals surface area contributed by atoms with Crippen molar-refractivity contribution >= 4 is 11.3 Å². The average molecular weight is 390 g/mol. The number of benzene rings is 1. The first-order chi connectivity index (χ1) is 14.2. The summed E-state index contributed by atoms with van der Waals surface area (Å²) in [6.45, 7) is 4.12. The van der Waals surface area contributed by atoms with Crippen LogP contribution in [0.2, 0.25) is 0 Å². The molecule has 0 unspecified atom stereocenters. The number of aryl methyl sites for hydroxylation is 1. The Balaban J connectivity index is 1.47. The largest absolute Gasteiger partial charge is 0.381 e. The number of imidazole rings is 2. The molecule has 29 heavy (non-hydrogen) atoms. The minimum Gasteiger partial charge on any atom is -0.381 e. The van der Waals surface area contributed by atoms with Gasteiger partial charge in [0.1, 0.15) is 5.82 Å². The molecule has 4 aromatic rings. The van der Waals surface area contributed by atoms with Gasteiger partial charge in [0.2, 0.25) is 0 Å². The number of rotatable bonds is 4. The van der Waals surface area contributed by atoms with E-state index in [2.05, 4.69) is 19.9 Å². The molecule has 8 heteroatoms. The van der Waals surface area contributed by atoms with Crippen molar-refractivity contribution in [2.75, 3.05) is 13.2 Å². The van der Waals surface area contributed by atoms with E-state index in [4.69, 9.17) is 9.72 Å². The Morgan fingerprint density at radius 3 is 2.55 bits per heavy atom. The summed E-state index contributed by atoms with van der Waals surface area (Å²) in [5.74, 6) is 1.26. The van der Waals surface area contributed by atoms with Crippen LogP contribution in [0.1, 0.15) is 18.5 Å². The molecule has 0 amide bonds. The van der Waals surface area contributed by atoms with Crippen LogP contribution in [0.15, 0.2) is 41.5 Å². The molecule has 1 aliphatic heterocycles. The van der Waals surface area contributed by atoms with Crippen molar-refractivity contribution in [1.82, 2.24) is 29.5 Å². The first kappa shape index (κ1) is 17.8. The highest BCUT2D eigenvalue weighted by Gasteiger charge is 2.18. The maximum atomic E-state index is 12.4. The summed E-state index contributed by atoms with van der Waals surface area (Å²) in [6, 6.07) is 8.00.